The van der Waals surface area contributed by atoms with Gasteiger partial charge in [0.15, 0.2) is 0 Å². The van der Waals surface area contributed by atoms with E-state index in [4.69, 9.17) is 0 Å². The van der Waals surface area contributed by atoms with Gasteiger partial charge in [0.05, 0.1) is 12.4 Å². The van der Waals surface area contributed by atoms with Crippen LogP contribution in [0, 0.1) is 0 Å². The Morgan fingerprint density at radius 3 is 2.64 bits per heavy atom. The van der Waals surface area contributed by atoms with Crippen LogP contribution in [0.1, 0.15) is 6.42 Å². The highest BCUT2D eigenvalue weighted by atomic mass is 32.2. The van der Waals surface area contributed by atoms with Crippen LogP contribution in [0.15, 0.2) is 29.2 Å². The smallest absolute Gasteiger partial charge is 0.329 e. The quantitative estimate of drug-likeness (QED) is 0.572. The van der Waals surface area contributed by atoms with Crippen LogP contribution >= 0.6 is 23.5 Å². The molecule has 1 aliphatic rings. The predicted octanol–water partition coefficient (Wildman–Crippen LogP) is 2.10. The van der Waals surface area contributed by atoms with E-state index in [2.05, 4.69) is 15.4 Å². The van der Waals surface area contributed by atoms with Gasteiger partial charge in [0.1, 0.15) is 6.04 Å². The van der Waals surface area contributed by atoms with Gasteiger partial charge in [-0.05, 0) is 24.3 Å². The number of hydrogen-bond donors (Lipinski definition) is 2. The summed E-state index contributed by atoms with van der Waals surface area (Å²) in [5.74, 6) is -3.47. The number of methoxy groups -OCH3 is 1. The van der Waals surface area contributed by atoms with Crippen LogP contribution in [-0.2, 0) is 19.1 Å². The Hall–Kier alpha value is -1.81. The number of alkyl halides is 2. The van der Waals surface area contributed by atoms with Crippen LogP contribution in [0.2, 0.25) is 0 Å². The molecule has 2 N–H and O–H groups in total. The molecule has 1 fully saturated rings. The minimum atomic E-state index is -2.50. The number of thioether (sulfide) groups is 2. The molecule has 2 rings (SSSR count). The fourth-order valence-electron chi connectivity index (χ4n) is 2.12. The molecule has 0 unspecified atom stereocenters. The van der Waals surface area contributed by atoms with Crippen molar-refractivity contribution in [1.29, 1.82) is 0 Å². The summed E-state index contributed by atoms with van der Waals surface area (Å²) in [6.07, 6.45) is -0.0576. The predicted molar refractivity (Wildman–Crippen MR) is 91.7 cm³/mol. The third-order valence-electron chi connectivity index (χ3n) is 3.29. The summed E-state index contributed by atoms with van der Waals surface area (Å²) in [5.41, 5.74) is 0.456. The Morgan fingerprint density at radius 1 is 1.40 bits per heavy atom. The van der Waals surface area contributed by atoms with Gasteiger partial charge in [0.2, 0.25) is 11.8 Å². The van der Waals surface area contributed by atoms with Gasteiger partial charge < -0.3 is 15.4 Å². The third kappa shape index (κ3) is 5.89. The summed E-state index contributed by atoms with van der Waals surface area (Å²) < 4.78 is 29.1. The fraction of sp³-hybridized carbons (Fsp3) is 0.400. The number of esters is 1. The lowest BCUT2D eigenvalue weighted by Crippen LogP contribution is -2.51. The van der Waals surface area contributed by atoms with E-state index >= 15 is 0 Å². The maximum atomic E-state index is 12.3. The Kier molecular flexibility index (Phi) is 7.06. The lowest BCUT2D eigenvalue weighted by Gasteiger charge is -2.26. The SMILES string of the molecule is COC(=O)[C@@H]1CS[C@H](CC(=O)Nc2ccc(SC(F)F)cc2)C(=O)N1. The van der Waals surface area contributed by atoms with Crippen LogP contribution in [0.5, 0.6) is 0 Å². The summed E-state index contributed by atoms with van der Waals surface area (Å²) in [4.78, 5) is 35.8. The van der Waals surface area contributed by atoms with Crippen molar-refractivity contribution < 1.29 is 27.9 Å². The first kappa shape index (κ1) is 19.5. The molecule has 1 saturated heterocycles. The fourth-order valence-corrected chi connectivity index (χ4v) is 3.75. The average Bonchev–Trinajstić information content (AvgIpc) is 2.57. The standard InChI is InChI=1S/C15H16F2N2O4S2/c1-23-14(22)10-7-24-11(13(21)19-10)6-12(20)18-8-2-4-9(5-3-8)25-15(16)17/h2-5,10-11,15H,6-7H2,1H3,(H,18,20)(H,19,21)/t10-,11+/m0/s1. The topological polar surface area (TPSA) is 84.5 Å². The zero-order valence-electron chi connectivity index (χ0n) is 13.2. The molecule has 1 aliphatic heterocycles. The van der Waals surface area contributed by atoms with E-state index in [1.54, 1.807) is 0 Å². The summed E-state index contributed by atoms with van der Waals surface area (Å²) in [6.45, 7) is 0. The molecule has 136 valence electrons. The second-order valence-electron chi connectivity index (χ2n) is 5.06. The largest absolute Gasteiger partial charge is 0.467 e. The minimum Gasteiger partial charge on any atom is -0.467 e. The number of benzene rings is 1. The molecule has 25 heavy (non-hydrogen) atoms. The van der Waals surface area contributed by atoms with Crippen molar-refractivity contribution in [2.45, 2.75) is 28.4 Å². The Morgan fingerprint density at radius 2 is 2.08 bits per heavy atom. The first-order valence-corrected chi connectivity index (χ1v) is 9.16. The van der Waals surface area contributed by atoms with Crippen LogP contribution in [0.25, 0.3) is 0 Å². The van der Waals surface area contributed by atoms with Gasteiger partial charge in [-0.1, -0.05) is 11.8 Å². The van der Waals surface area contributed by atoms with Crippen molar-refractivity contribution >= 4 is 47.0 Å². The van der Waals surface area contributed by atoms with Gasteiger partial charge in [-0.15, -0.1) is 11.8 Å². The molecule has 0 spiro atoms. The van der Waals surface area contributed by atoms with Crippen LogP contribution in [0.3, 0.4) is 0 Å². The first-order chi connectivity index (χ1) is 11.9. The van der Waals surface area contributed by atoms with E-state index in [9.17, 15) is 23.2 Å². The number of amides is 2. The van der Waals surface area contributed by atoms with Crippen molar-refractivity contribution in [3.05, 3.63) is 24.3 Å². The molecule has 1 aromatic carbocycles. The van der Waals surface area contributed by atoms with Gasteiger partial charge in [0.25, 0.3) is 5.76 Å². The zero-order valence-corrected chi connectivity index (χ0v) is 14.8. The highest BCUT2D eigenvalue weighted by Crippen LogP contribution is 2.26. The highest BCUT2D eigenvalue weighted by molar-refractivity contribution is 8.00. The Balaban J connectivity index is 1.84. The number of ether oxygens (including phenoxy) is 1. The van der Waals surface area contributed by atoms with E-state index in [0.717, 1.165) is 0 Å². The number of rotatable bonds is 6. The molecule has 6 nitrogen and oxygen atoms in total. The van der Waals surface area contributed by atoms with Gasteiger partial charge in [-0.25, -0.2) is 4.79 Å². The summed E-state index contributed by atoms with van der Waals surface area (Å²) in [6, 6.07) is 5.29. The lowest BCUT2D eigenvalue weighted by atomic mass is 10.2. The number of carbonyl (C=O) groups excluding carboxylic acids is 3. The van der Waals surface area contributed by atoms with Gasteiger partial charge in [-0.2, -0.15) is 8.78 Å². The maximum Gasteiger partial charge on any atom is 0.329 e. The van der Waals surface area contributed by atoms with E-state index in [1.807, 2.05) is 0 Å². The molecule has 0 saturated carbocycles. The number of halogens is 2. The lowest BCUT2D eigenvalue weighted by molar-refractivity contribution is -0.144. The van der Waals surface area contributed by atoms with Crippen molar-refractivity contribution in [2.24, 2.45) is 0 Å². The van der Waals surface area contributed by atoms with E-state index in [1.165, 1.54) is 43.1 Å². The second kappa shape index (κ2) is 9.04. The number of anilines is 1. The molecule has 2 amide bonds. The Bertz CT molecular complexity index is 643. The Labute approximate surface area is 151 Å². The molecular formula is C15H16F2N2O4S2. The normalized spacial score (nSPS) is 20.1. The highest BCUT2D eigenvalue weighted by Gasteiger charge is 2.34. The van der Waals surface area contributed by atoms with Crippen LogP contribution in [0.4, 0.5) is 14.5 Å². The summed E-state index contributed by atoms with van der Waals surface area (Å²) in [5, 5.41) is 4.54. The minimum absolute atomic E-state index is 0.0576. The molecular weight excluding hydrogens is 374 g/mol. The number of carbonyl (C=O) groups is 3. The van der Waals surface area contributed by atoms with Gasteiger partial charge >= 0.3 is 5.97 Å². The molecule has 0 bridgehead atoms. The monoisotopic (exact) mass is 390 g/mol. The van der Waals surface area contributed by atoms with Crippen LogP contribution < -0.4 is 10.6 Å². The van der Waals surface area contributed by atoms with E-state index in [0.29, 0.717) is 28.1 Å². The zero-order chi connectivity index (χ0) is 18.4. The average molecular weight is 390 g/mol. The van der Waals surface area contributed by atoms with E-state index < -0.39 is 28.9 Å². The van der Waals surface area contributed by atoms with E-state index in [-0.39, 0.29) is 12.3 Å². The molecule has 10 heteroatoms. The van der Waals surface area contributed by atoms with Gasteiger partial charge in [0, 0.05) is 22.8 Å². The summed E-state index contributed by atoms with van der Waals surface area (Å²) in [7, 11) is 1.24. The molecule has 1 heterocycles. The maximum absolute atomic E-state index is 12.3. The van der Waals surface area contributed by atoms with Crippen molar-refractivity contribution in [2.75, 3.05) is 18.2 Å². The number of nitrogens with one attached hydrogen (secondary N) is 2. The second-order valence-corrected chi connectivity index (χ2v) is 7.36. The molecule has 1 aromatic rings. The van der Waals surface area contributed by atoms with Crippen molar-refractivity contribution in [3.8, 4) is 0 Å². The third-order valence-corrected chi connectivity index (χ3v) is 5.32. The van der Waals surface area contributed by atoms with Crippen molar-refractivity contribution in [1.82, 2.24) is 5.32 Å². The molecule has 0 radical (unpaired) electrons. The van der Waals surface area contributed by atoms with Crippen molar-refractivity contribution in [3.63, 3.8) is 0 Å². The molecule has 2 atom stereocenters. The van der Waals surface area contributed by atoms with Crippen LogP contribution in [-0.4, -0.2) is 47.7 Å². The number of hydrogen-bond acceptors (Lipinski definition) is 6. The van der Waals surface area contributed by atoms with Gasteiger partial charge in [-0.3, -0.25) is 9.59 Å². The first-order valence-electron chi connectivity index (χ1n) is 7.23. The molecule has 0 aromatic heterocycles. The molecule has 0 aliphatic carbocycles. The summed E-state index contributed by atoms with van der Waals surface area (Å²) >= 11 is 1.63.